The Bertz CT molecular complexity index is 991. The molecule has 3 N–H and O–H groups in total. The summed E-state index contributed by atoms with van der Waals surface area (Å²) in [4.78, 5) is 26.1. The predicted molar refractivity (Wildman–Crippen MR) is 112 cm³/mol. The fourth-order valence-electron chi connectivity index (χ4n) is 3.10. The summed E-state index contributed by atoms with van der Waals surface area (Å²) in [5.74, 6) is -4.94. The zero-order valence-electron chi connectivity index (χ0n) is 17.6. The monoisotopic (exact) mass is 453 g/mol. The minimum absolute atomic E-state index is 0.0504. The van der Waals surface area contributed by atoms with E-state index in [0.29, 0.717) is 0 Å². The normalized spacial score (nSPS) is 13.2. The summed E-state index contributed by atoms with van der Waals surface area (Å²) in [6.07, 6.45) is -0.0871. The highest BCUT2D eigenvalue weighted by molar-refractivity contribution is 6.28. The summed E-state index contributed by atoms with van der Waals surface area (Å²) in [5, 5.41) is 13.0. The molecule has 0 spiro atoms. The molecule has 0 radical (unpaired) electrons. The molecule has 0 aliphatic rings. The first-order chi connectivity index (χ1) is 14.9. The van der Waals surface area contributed by atoms with E-state index in [-0.39, 0.29) is 34.8 Å². The number of halogens is 4. The van der Waals surface area contributed by atoms with Crippen LogP contribution in [0.1, 0.15) is 32.8 Å². The van der Waals surface area contributed by atoms with E-state index in [9.17, 15) is 27.2 Å². The number of hydrogen-bond acceptors (Lipinski definition) is 4. The standard InChI is InChI=1S/C22H23F4N3O3/c1-4-22(13(2)27,18(30)28-15-8-10-17(11-9-15)32-20(23)24)19(31)29-16-7-5-6-14(12-16)21(3,25)26/h5-12,20,27H,4H2,1-3H3,(H,28,30)(H,29,31). The molecule has 0 heterocycles. The number of rotatable bonds is 9. The van der Waals surface area contributed by atoms with Crippen LogP contribution in [0.3, 0.4) is 0 Å². The molecule has 0 saturated heterocycles. The molecule has 0 bridgehead atoms. The van der Waals surface area contributed by atoms with E-state index < -0.39 is 29.8 Å². The topological polar surface area (TPSA) is 91.3 Å². The van der Waals surface area contributed by atoms with Crippen LogP contribution in [0, 0.1) is 10.8 Å². The first-order valence-corrected chi connectivity index (χ1v) is 9.62. The van der Waals surface area contributed by atoms with Gasteiger partial charge in [-0.25, -0.2) is 8.78 Å². The van der Waals surface area contributed by atoms with Crippen molar-refractivity contribution < 1.29 is 31.9 Å². The molecular weight excluding hydrogens is 430 g/mol. The third-order valence-electron chi connectivity index (χ3n) is 4.91. The van der Waals surface area contributed by atoms with E-state index in [1.807, 2.05) is 0 Å². The molecule has 0 aromatic heterocycles. The summed E-state index contributed by atoms with van der Waals surface area (Å²) in [6.45, 7) is 0.544. The molecule has 1 atom stereocenters. The average molecular weight is 453 g/mol. The van der Waals surface area contributed by atoms with E-state index in [2.05, 4.69) is 15.4 Å². The lowest BCUT2D eigenvalue weighted by Gasteiger charge is -2.29. The van der Waals surface area contributed by atoms with Gasteiger partial charge in [0.05, 0.1) is 0 Å². The van der Waals surface area contributed by atoms with Gasteiger partial charge in [0.2, 0.25) is 11.8 Å². The maximum atomic E-state index is 13.6. The Kier molecular flexibility index (Phi) is 7.60. The van der Waals surface area contributed by atoms with Crippen molar-refractivity contribution in [1.82, 2.24) is 0 Å². The van der Waals surface area contributed by atoms with Gasteiger partial charge < -0.3 is 20.8 Å². The number of anilines is 2. The van der Waals surface area contributed by atoms with Gasteiger partial charge in [-0.1, -0.05) is 19.1 Å². The van der Waals surface area contributed by atoms with Crippen LogP contribution in [-0.2, 0) is 15.5 Å². The molecule has 172 valence electrons. The Balaban J connectivity index is 2.28. The van der Waals surface area contributed by atoms with Crippen LogP contribution in [0.15, 0.2) is 48.5 Å². The molecule has 2 aromatic rings. The van der Waals surface area contributed by atoms with Crippen LogP contribution in [0.25, 0.3) is 0 Å². The van der Waals surface area contributed by atoms with Crippen molar-refractivity contribution in [2.45, 2.75) is 39.7 Å². The van der Waals surface area contributed by atoms with Crippen molar-refractivity contribution in [3.05, 3.63) is 54.1 Å². The SMILES string of the molecule is CCC(C(C)=N)(C(=O)Nc1ccc(OC(F)F)cc1)C(=O)Nc1cccc(C(C)(F)F)c1. The van der Waals surface area contributed by atoms with Gasteiger partial charge in [-0.3, -0.25) is 9.59 Å². The number of nitrogens with one attached hydrogen (secondary N) is 3. The number of ether oxygens (including phenoxy) is 1. The third kappa shape index (κ3) is 5.63. The zero-order chi connectivity index (χ0) is 24.1. The fraction of sp³-hybridized carbons (Fsp3) is 0.318. The molecule has 0 aliphatic heterocycles. The molecule has 0 fully saturated rings. The summed E-state index contributed by atoms with van der Waals surface area (Å²) in [5.41, 5.74) is -2.27. The first kappa shape index (κ1) is 24.8. The van der Waals surface area contributed by atoms with E-state index in [1.165, 1.54) is 56.3 Å². The maximum Gasteiger partial charge on any atom is 0.387 e. The van der Waals surface area contributed by atoms with Crippen molar-refractivity contribution >= 4 is 28.9 Å². The molecule has 6 nitrogen and oxygen atoms in total. The van der Waals surface area contributed by atoms with Crippen molar-refractivity contribution in [1.29, 1.82) is 5.41 Å². The van der Waals surface area contributed by atoms with Crippen LogP contribution in [0.2, 0.25) is 0 Å². The number of carbonyl (C=O) groups excluding carboxylic acids is 2. The number of amides is 2. The van der Waals surface area contributed by atoms with Crippen LogP contribution in [-0.4, -0.2) is 24.1 Å². The second-order valence-corrected chi connectivity index (χ2v) is 7.16. The molecule has 0 aliphatic carbocycles. The van der Waals surface area contributed by atoms with Crippen LogP contribution < -0.4 is 15.4 Å². The van der Waals surface area contributed by atoms with Crippen LogP contribution in [0.5, 0.6) is 5.75 Å². The molecule has 32 heavy (non-hydrogen) atoms. The lowest BCUT2D eigenvalue weighted by molar-refractivity contribution is -0.133. The zero-order valence-corrected chi connectivity index (χ0v) is 17.6. The summed E-state index contributed by atoms with van der Waals surface area (Å²) < 4.78 is 56.0. The highest BCUT2D eigenvalue weighted by Gasteiger charge is 2.47. The van der Waals surface area contributed by atoms with Gasteiger partial charge in [0.25, 0.3) is 5.92 Å². The lowest BCUT2D eigenvalue weighted by atomic mass is 9.78. The summed E-state index contributed by atoms with van der Waals surface area (Å²) in [6, 6.07) is 10.1. The minimum Gasteiger partial charge on any atom is -0.435 e. The van der Waals surface area contributed by atoms with Crippen molar-refractivity contribution in [2.24, 2.45) is 5.41 Å². The van der Waals surface area contributed by atoms with Crippen molar-refractivity contribution in [3.8, 4) is 5.75 Å². The van der Waals surface area contributed by atoms with E-state index in [1.54, 1.807) is 0 Å². The molecule has 2 rings (SSSR count). The number of alkyl halides is 4. The summed E-state index contributed by atoms with van der Waals surface area (Å²) >= 11 is 0. The van der Waals surface area contributed by atoms with Crippen LogP contribution in [0.4, 0.5) is 28.9 Å². The Morgan fingerprint density at radius 3 is 2.06 bits per heavy atom. The van der Waals surface area contributed by atoms with Crippen molar-refractivity contribution in [3.63, 3.8) is 0 Å². The van der Waals surface area contributed by atoms with Gasteiger partial charge in [-0.05, 0) is 49.7 Å². The van der Waals surface area contributed by atoms with Gasteiger partial charge in [0.15, 0.2) is 5.41 Å². The molecule has 0 saturated carbocycles. The Morgan fingerprint density at radius 1 is 1.03 bits per heavy atom. The first-order valence-electron chi connectivity index (χ1n) is 9.62. The predicted octanol–water partition coefficient (Wildman–Crippen LogP) is 5.41. The van der Waals surface area contributed by atoms with Crippen LogP contribution >= 0.6 is 0 Å². The lowest BCUT2D eigenvalue weighted by Crippen LogP contribution is -2.50. The number of carbonyl (C=O) groups is 2. The minimum atomic E-state index is -3.13. The second-order valence-electron chi connectivity index (χ2n) is 7.16. The molecule has 2 amide bonds. The Morgan fingerprint density at radius 2 is 1.59 bits per heavy atom. The quantitative estimate of drug-likeness (QED) is 0.269. The number of hydrogen-bond donors (Lipinski definition) is 3. The Labute approximate surface area is 182 Å². The van der Waals surface area contributed by atoms with Gasteiger partial charge >= 0.3 is 6.61 Å². The van der Waals surface area contributed by atoms with Gasteiger partial charge in [-0.2, -0.15) is 8.78 Å². The maximum absolute atomic E-state index is 13.6. The Hall–Kier alpha value is -3.43. The van der Waals surface area contributed by atoms with Gasteiger partial charge in [-0.15, -0.1) is 0 Å². The largest absolute Gasteiger partial charge is 0.435 e. The number of benzene rings is 2. The molecule has 2 aromatic carbocycles. The van der Waals surface area contributed by atoms with Gasteiger partial charge in [0.1, 0.15) is 5.75 Å². The third-order valence-corrected chi connectivity index (χ3v) is 4.91. The molecule has 10 heteroatoms. The van der Waals surface area contributed by atoms with E-state index in [0.717, 1.165) is 13.0 Å². The molecule has 1 unspecified atom stereocenters. The smallest absolute Gasteiger partial charge is 0.387 e. The summed E-state index contributed by atoms with van der Waals surface area (Å²) in [7, 11) is 0. The second kappa shape index (κ2) is 9.80. The fourth-order valence-corrected chi connectivity index (χ4v) is 3.10. The molecular formula is C22H23F4N3O3. The van der Waals surface area contributed by atoms with Gasteiger partial charge in [0, 0.05) is 29.6 Å². The highest BCUT2D eigenvalue weighted by atomic mass is 19.3. The van der Waals surface area contributed by atoms with E-state index >= 15 is 0 Å². The van der Waals surface area contributed by atoms with Crippen molar-refractivity contribution in [2.75, 3.05) is 10.6 Å². The average Bonchev–Trinajstić information content (AvgIpc) is 2.69. The highest BCUT2D eigenvalue weighted by Crippen LogP contribution is 2.31. The van der Waals surface area contributed by atoms with E-state index in [4.69, 9.17) is 5.41 Å².